The van der Waals surface area contributed by atoms with Crippen LogP contribution in [0, 0.1) is 0 Å². The van der Waals surface area contributed by atoms with E-state index in [-0.39, 0.29) is 0 Å². The molecule has 6 heteroatoms. The predicted octanol–water partition coefficient (Wildman–Crippen LogP) is 7.89. The number of hydrazone groups is 1. The van der Waals surface area contributed by atoms with Crippen LogP contribution in [0.4, 0.5) is 0 Å². The van der Waals surface area contributed by atoms with Crippen LogP contribution < -0.4 is 0 Å². The number of thioether (sulfide) groups is 1. The van der Waals surface area contributed by atoms with Crippen molar-refractivity contribution < 1.29 is 0 Å². The number of hydrogen-bond acceptors (Lipinski definition) is 4. The van der Waals surface area contributed by atoms with Gasteiger partial charge in [0.15, 0.2) is 0 Å². The molecule has 1 aromatic heterocycles. The van der Waals surface area contributed by atoms with Crippen LogP contribution in [0.2, 0.25) is 0 Å². The zero-order valence-corrected chi connectivity index (χ0v) is 19.8. The zero-order chi connectivity index (χ0) is 21.1. The molecule has 3 rings (SSSR count). The largest absolute Gasteiger partial charge is 0.303 e. The third kappa shape index (κ3) is 9.09. The van der Waals surface area contributed by atoms with Gasteiger partial charge in [-0.25, -0.2) is 0 Å². The summed E-state index contributed by atoms with van der Waals surface area (Å²) in [5, 5.41) is 7.48. The Labute approximate surface area is 191 Å². The predicted molar refractivity (Wildman–Crippen MR) is 134 cm³/mol. The van der Waals surface area contributed by atoms with E-state index in [0.717, 1.165) is 16.5 Å². The number of thiophene rings is 1. The maximum Gasteiger partial charge on any atom is 0.0470 e. The summed E-state index contributed by atoms with van der Waals surface area (Å²) in [4.78, 5) is 3.83. The van der Waals surface area contributed by atoms with Crippen LogP contribution >= 0.6 is 46.3 Å². The van der Waals surface area contributed by atoms with Crippen molar-refractivity contribution in [2.75, 3.05) is 20.4 Å². The first kappa shape index (κ1) is 23.6. The summed E-state index contributed by atoms with van der Waals surface area (Å²) in [6.07, 6.45) is 16.1. The van der Waals surface area contributed by atoms with E-state index < -0.39 is 0 Å². The smallest absolute Gasteiger partial charge is 0.0470 e. The number of nitrogens with zero attached hydrogens (tertiary/aromatic N) is 2. The average molecular weight is 463 g/mol. The number of allylic oxidation sites excluding steroid dienone is 7. The molecule has 0 aliphatic heterocycles. The zero-order valence-electron chi connectivity index (χ0n) is 16.7. The van der Waals surface area contributed by atoms with E-state index in [9.17, 15) is 0 Å². The van der Waals surface area contributed by atoms with Crippen molar-refractivity contribution in [1.82, 2.24) is 5.01 Å². The molecule has 152 valence electrons. The summed E-state index contributed by atoms with van der Waals surface area (Å²) in [6.45, 7) is 0. The van der Waals surface area contributed by atoms with E-state index in [2.05, 4.69) is 53.8 Å². The van der Waals surface area contributed by atoms with Crippen LogP contribution in [0.5, 0.6) is 0 Å². The molecular formula is C23H24Cl2N2S2. The van der Waals surface area contributed by atoms with E-state index in [1.807, 2.05) is 38.4 Å². The summed E-state index contributed by atoms with van der Waals surface area (Å²) in [7, 11) is 3.82. The minimum Gasteiger partial charge on any atom is -0.303 e. The summed E-state index contributed by atoms with van der Waals surface area (Å²) in [5.74, 6) is 0. The number of halogens is 2. The minimum absolute atomic E-state index is 0.727. The second kappa shape index (κ2) is 12.8. The Kier molecular flexibility index (Phi) is 10.4. The molecule has 0 spiro atoms. The Hall–Kier alpha value is -1.72. The third-order valence-electron chi connectivity index (χ3n) is 3.64. The van der Waals surface area contributed by atoms with Crippen molar-refractivity contribution in [3.63, 3.8) is 0 Å². The number of rotatable bonds is 5. The molecule has 2 aromatic rings. The molecule has 2 nitrogen and oxygen atoms in total. The minimum atomic E-state index is 0.727. The number of benzene rings is 1. The fourth-order valence-electron chi connectivity index (χ4n) is 2.26. The number of hydrogen-bond donors (Lipinski definition) is 0. The average Bonchev–Trinajstić information content (AvgIpc) is 3.11. The van der Waals surface area contributed by atoms with Gasteiger partial charge < -0.3 is 5.01 Å². The van der Waals surface area contributed by atoms with E-state index in [0.29, 0.717) is 0 Å². The van der Waals surface area contributed by atoms with E-state index in [1.54, 1.807) is 40.4 Å². The van der Waals surface area contributed by atoms with Crippen molar-refractivity contribution in [3.8, 4) is 10.4 Å². The molecule has 0 saturated carbocycles. The first-order valence-electron chi connectivity index (χ1n) is 8.98. The molecule has 0 fully saturated rings. The summed E-state index contributed by atoms with van der Waals surface area (Å²) in [5.41, 5.74) is 1.28. The lowest BCUT2D eigenvalue weighted by atomic mass is 10.2. The van der Waals surface area contributed by atoms with Gasteiger partial charge in [-0.15, -0.1) is 23.1 Å². The Bertz CT molecular complexity index is 938. The first-order chi connectivity index (χ1) is 14.0. The molecule has 29 heavy (non-hydrogen) atoms. The Morgan fingerprint density at radius 3 is 2.72 bits per heavy atom. The summed E-state index contributed by atoms with van der Waals surface area (Å²) < 4.78 is 0. The molecule has 1 aliphatic carbocycles. The topological polar surface area (TPSA) is 15.6 Å². The molecule has 0 N–H and O–H groups in total. The van der Waals surface area contributed by atoms with Gasteiger partial charge in [0.1, 0.15) is 0 Å². The third-order valence-corrected chi connectivity index (χ3v) is 6.00. The van der Waals surface area contributed by atoms with Crippen LogP contribution in [0.25, 0.3) is 16.5 Å². The van der Waals surface area contributed by atoms with Crippen LogP contribution in [0.15, 0.2) is 86.8 Å². The maximum atomic E-state index is 5.69. The van der Waals surface area contributed by atoms with Gasteiger partial charge in [-0.3, -0.25) is 0 Å². The van der Waals surface area contributed by atoms with Crippen molar-refractivity contribution in [2.45, 2.75) is 11.3 Å². The first-order valence-corrected chi connectivity index (χ1v) is 11.8. The SMILES string of the molecule is CSc1cccc(-c2ccc(/C=C/C=N/N(C)C)s2)c1.ClC1=CC=C(Cl)CC=C1. The van der Waals surface area contributed by atoms with Crippen LogP contribution in [-0.2, 0) is 0 Å². The Morgan fingerprint density at radius 2 is 1.97 bits per heavy atom. The van der Waals surface area contributed by atoms with Crippen LogP contribution in [0.3, 0.4) is 0 Å². The highest BCUT2D eigenvalue weighted by Crippen LogP contribution is 2.31. The highest BCUT2D eigenvalue weighted by atomic mass is 35.5. The van der Waals surface area contributed by atoms with Crippen molar-refractivity contribution in [3.05, 3.63) is 81.7 Å². The molecule has 0 atom stereocenters. The lowest BCUT2D eigenvalue weighted by Gasteiger charge is -2.00. The molecule has 0 saturated heterocycles. The molecule has 1 aromatic carbocycles. The van der Waals surface area contributed by atoms with Crippen molar-refractivity contribution in [1.29, 1.82) is 0 Å². The van der Waals surface area contributed by atoms with E-state index in [4.69, 9.17) is 23.2 Å². The van der Waals surface area contributed by atoms with Gasteiger partial charge in [0.25, 0.3) is 0 Å². The summed E-state index contributed by atoms with van der Waals surface area (Å²) >= 11 is 14.9. The highest BCUT2D eigenvalue weighted by molar-refractivity contribution is 7.98. The van der Waals surface area contributed by atoms with Crippen LogP contribution in [-0.4, -0.2) is 31.6 Å². The van der Waals surface area contributed by atoms with Gasteiger partial charge >= 0.3 is 0 Å². The monoisotopic (exact) mass is 462 g/mol. The fourth-order valence-corrected chi connectivity index (χ4v) is 3.94. The van der Waals surface area contributed by atoms with Crippen LogP contribution in [0.1, 0.15) is 11.3 Å². The van der Waals surface area contributed by atoms with E-state index in [1.165, 1.54) is 20.2 Å². The van der Waals surface area contributed by atoms with Gasteiger partial charge in [-0.05, 0) is 66.5 Å². The molecule has 1 heterocycles. The summed E-state index contributed by atoms with van der Waals surface area (Å²) in [6, 6.07) is 13.0. The lowest BCUT2D eigenvalue weighted by molar-refractivity contribution is 0.440. The van der Waals surface area contributed by atoms with Gasteiger partial charge in [-0.1, -0.05) is 41.4 Å². The second-order valence-electron chi connectivity index (χ2n) is 6.18. The molecule has 0 bridgehead atoms. The normalized spacial score (nSPS) is 13.7. The fraction of sp³-hybridized carbons (Fsp3) is 0.174. The van der Waals surface area contributed by atoms with Gasteiger partial charge in [0.05, 0.1) is 0 Å². The van der Waals surface area contributed by atoms with Crippen molar-refractivity contribution in [2.24, 2.45) is 5.10 Å². The van der Waals surface area contributed by atoms with Gasteiger partial charge in [0, 0.05) is 51.4 Å². The molecule has 0 radical (unpaired) electrons. The Morgan fingerprint density at radius 1 is 1.14 bits per heavy atom. The standard InChI is InChI=1S/C16H18N2S2.C7H6Cl2/c1-18(2)17-11-5-8-14-9-10-16(20-14)13-6-4-7-15(12-13)19-3;8-6-2-1-3-7(9)5-4-6/h4-12H,1-3H3;1-2,4-5H,3H2/b8-5+,17-11+;. The quantitative estimate of drug-likeness (QED) is 0.255. The molecule has 0 unspecified atom stereocenters. The van der Waals surface area contributed by atoms with Crippen molar-refractivity contribution >= 4 is 58.6 Å². The second-order valence-corrected chi connectivity index (χ2v) is 9.09. The maximum absolute atomic E-state index is 5.69. The molecule has 0 amide bonds. The molecular weight excluding hydrogens is 439 g/mol. The van der Waals surface area contributed by atoms with E-state index >= 15 is 0 Å². The van der Waals surface area contributed by atoms with Gasteiger partial charge in [-0.2, -0.15) is 5.10 Å². The molecule has 1 aliphatic rings. The lowest BCUT2D eigenvalue weighted by Crippen LogP contribution is -2.00. The Balaban J connectivity index is 0.000000278. The highest BCUT2D eigenvalue weighted by Gasteiger charge is 2.02. The van der Waals surface area contributed by atoms with Gasteiger partial charge in [0.2, 0.25) is 0 Å².